The number of rotatable bonds is 4. The van der Waals surface area contributed by atoms with Gasteiger partial charge in [-0.1, -0.05) is 6.07 Å². The Labute approximate surface area is 121 Å². The van der Waals surface area contributed by atoms with Crippen LogP contribution in [-0.4, -0.2) is 5.11 Å². The molecule has 0 aliphatic rings. The summed E-state index contributed by atoms with van der Waals surface area (Å²) in [6, 6.07) is 9.97. The smallest absolute Gasteiger partial charge is 0.132 e. The number of nitriles is 1. The van der Waals surface area contributed by atoms with E-state index in [-0.39, 0.29) is 29.0 Å². The molecule has 0 radical (unpaired) electrons. The van der Waals surface area contributed by atoms with E-state index in [2.05, 4.69) is 0 Å². The summed E-state index contributed by atoms with van der Waals surface area (Å²) in [4.78, 5) is 0. The first-order valence-corrected chi connectivity index (χ1v) is 6.30. The summed E-state index contributed by atoms with van der Waals surface area (Å²) in [7, 11) is 0. The highest BCUT2D eigenvalue weighted by Crippen LogP contribution is 2.22. The molecule has 0 bridgehead atoms. The minimum atomic E-state index is -0.907. The number of aliphatic hydroxyl groups excluding tert-OH is 1. The SMILES string of the molecule is C[C@@H](O)c1ccc(OCc2ccc(C#N)cc2F)cc1F. The summed E-state index contributed by atoms with van der Waals surface area (Å²) in [5.41, 5.74) is 0.671. The molecular formula is C16H13F2NO2. The number of hydrogen-bond donors (Lipinski definition) is 1. The molecular weight excluding hydrogens is 276 g/mol. The third-order valence-corrected chi connectivity index (χ3v) is 3.00. The molecule has 3 nitrogen and oxygen atoms in total. The van der Waals surface area contributed by atoms with E-state index in [4.69, 9.17) is 10.00 Å². The van der Waals surface area contributed by atoms with Gasteiger partial charge in [0.15, 0.2) is 0 Å². The Bertz CT molecular complexity index is 693. The summed E-state index contributed by atoms with van der Waals surface area (Å²) in [6.45, 7) is 1.38. The number of halogens is 2. The van der Waals surface area contributed by atoms with E-state index < -0.39 is 17.7 Å². The molecule has 2 aromatic carbocycles. The first-order chi connectivity index (χ1) is 10.0. The van der Waals surface area contributed by atoms with Gasteiger partial charge in [0.05, 0.1) is 17.7 Å². The maximum atomic E-state index is 13.7. The zero-order valence-corrected chi connectivity index (χ0v) is 11.3. The third kappa shape index (κ3) is 3.56. The van der Waals surface area contributed by atoms with E-state index in [1.165, 1.54) is 31.2 Å². The average molecular weight is 289 g/mol. The van der Waals surface area contributed by atoms with Gasteiger partial charge in [0.25, 0.3) is 0 Å². The van der Waals surface area contributed by atoms with Gasteiger partial charge < -0.3 is 9.84 Å². The standard InChI is InChI=1S/C16H13F2NO2/c1-10(20)14-5-4-13(7-16(14)18)21-9-12-3-2-11(8-19)6-15(12)17/h2-7,10,20H,9H2,1H3/t10-/m1/s1. The second kappa shape index (κ2) is 6.33. The number of aliphatic hydroxyl groups is 1. The van der Waals surface area contributed by atoms with Crippen molar-refractivity contribution in [2.24, 2.45) is 0 Å². The van der Waals surface area contributed by atoms with Crippen LogP contribution >= 0.6 is 0 Å². The van der Waals surface area contributed by atoms with Crippen LogP contribution in [0, 0.1) is 23.0 Å². The van der Waals surface area contributed by atoms with Gasteiger partial charge in [-0.25, -0.2) is 8.78 Å². The zero-order valence-electron chi connectivity index (χ0n) is 11.3. The molecule has 0 aliphatic carbocycles. The van der Waals surface area contributed by atoms with Crippen LogP contribution in [0.3, 0.4) is 0 Å². The maximum absolute atomic E-state index is 13.7. The lowest BCUT2D eigenvalue weighted by Crippen LogP contribution is -2.01. The fraction of sp³-hybridized carbons (Fsp3) is 0.188. The van der Waals surface area contributed by atoms with Gasteiger partial charge in [0.1, 0.15) is 24.0 Å². The third-order valence-electron chi connectivity index (χ3n) is 3.00. The quantitative estimate of drug-likeness (QED) is 0.937. The van der Waals surface area contributed by atoms with Gasteiger partial charge in [-0.15, -0.1) is 0 Å². The monoisotopic (exact) mass is 289 g/mol. The highest BCUT2D eigenvalue weighted by Gasteiger charge is 2.10. The second-order valence-electron chi connectivity index (χ2n) is 4.57. The molecule has 0 spiro atoms. The molecule has 108 valence electrons. The first-order valence-electron chi connectivity index (χ1n) is 6.30. The summed E-state index contributed by atoms with van der Waals surface area (Å²) >= 11 is 0. The molecule has 0 amide bonds. The Balaban J connectivity index is 2.10. The molecule has 0 saturated heterocycles. The topological polar surface area (TPSA) is 53.2 Å². The Kier molecular flexibility index (Phi) is 4.51. The van der Waals surface area contributed by atoms with Crippen molar-refractivity contribution in [3.63, 3.8) is 0 Å². The summed E-state index contributed by atoms with van der Waals surface area (Å²) in [5, 5.41) is 18.0. The molecule has 2 rings (SSSR count). The Morgan fingerprint density at radius 1 is 1.19 bits per heavy atom. The Hall–Kier alpha value is -2.45. The van der Waals surface area contributed by atoms with Gasteiger partial charge >= 0.3 is 0 Å². The maximum Gasteiger partial charge on any atom is 0.132 e. The van der Waals surface area contributed by atoms with Crippen LogP contribution in [0.5, 0.6) is 5.75 Å². The van der Waals surface area contributed by atoms with E-state index in [0.29, 0.717) is 0 Å². The molecule has 2 aromatic rings. The van der Waals surface area contributed by atoms with E-state index in [1.807, 2.05) is 6.07 Å². The average Bonchev–Trinajstić information content (AvgIpc) is 2.45. The van der Waals surface area contributed by atoms with Crippen molar-refractivity contribution in [3.8, 4) is 11.8 Å². The highest BCUT2D eigenvalue weighted by molar-refractivity contribution is 5.33. The number of nitrogens with zero attached hydrogens (tertiary/aromatic N) is 1. The van der Waals surface area contributed by atoms with Crippen LogP contribution < -0.4 is 4.74 Å². The van der Waals surface area contributed by atoms with Crippen molar-refractivity contribution in [1.82, 2.24) is 0 Å². The summed E-state index contributed by atoms with van der Waals surface area (Å²) in [6.07, 6.45) is -0.907. The Morgan fingerprint density at radius 2 is 1.95 bits per heavy atom. The lowest BCUT2D eigenvalue weighted by Gasteiger charge is -2.10. The van der Waals surface area contributed by atoms with Crippen LogP contribution in [0.4, 0.5) is 8.78 Å². The molecule has 1 atom stereocenters. The van der Waals surface area contributed by atoms with Crippen LogP contribution in [0.1, 0.15) is 29.7 Å². The van der Waals surface area contributed by atoms with Gasteiger partial charge in [-0.3, -0.25) is 0 Å². The first kappa shape index (κ1) is 14.9. The van der Waals surface area contributed by atoms with Gasteiger partial charge in [-0.2, -0.15) is 5.26 Å². The minimum absolute atomic E-state index is 0.0784. The highest BCUT2D eigenvalue weighted by atomic mass is 19.1. The lowest BCUT2D eigenvalue weighted by atomic mass is 10.1. The minimum Gasteiger partial charge on any atom is -0.489 e. The van der Waals surface area contributed by atoms with Crippen molar-refractivity contribution in [3.05, 3.63) is 64.7 Å². The van der Waals surface area contributed by atoms with E-state index >= 15 is 0 Å². The van der Waals surface area contributed by atoms with E-state index in [9.17, 15) is 13.9 Å². The summed E-state index contributed by atoms with van der Waals surface area (Å²) in [5.74, 6) is -0.890. The van der Waals surface area contributed by atoms with Gasteiger partial charge in [-0.05, 0) is 31.2 Å². The van der Waals surface area contributed by atoms with Crippen LogP contribution in [0.15, 0.2) is 36.4 Å². The fourth-order valence-electron chi connectivity index (χ4n) is 1.83. The van der Waals surface area contributed by atoms with Gasteiger partial charge in [0.2, 0.25) is 0 Å². The predicted octanol–water partition coefficient (Wildman–Crippen LogP) is 3.47. The fourth-order valence-corrected chi connectivity index (χ4v) is 1.83. The molecule has 0 saturated carbocycles. The molecule has 0 aliphatic heterocycles. The Morgan fingerprint density at radius 3 is 2.52 bits per heavy atom. The molecule has 1 N–H and O–H groups in total. The molecule has 5 heteroatoms. The summed E-state index contributed by atoms with van der Waals surface area (Å²) < 4.78 is 32.6. The lowest BCUT2D eigenvalue weighted by molar-refractivity contribution is 0.194. The molecule has 0 fully saturated rings. The number of benzene rings is 2. The van der Waals surface area contributed by atoms with Crippen LogP contribution in [-0.2, 0) is 6.61 Å². The number of hydrogen-bond acceptors (Lipinski definition) is 3. The molecule has 0 aromatic heterocycles. The van der Waals surface area contributed by atoms with Crippen molar-refractivity contribution in [2.75, 3.05) is 0 Å². The van der Waals surface area contributed by atoms with Crippen molar-refractivity contribution < 1.29 is 18.6 Å². The van der Waals surface area contributed by atoms with Crippen molar-refractivity contribution >= 4 is 0 Å². The van der Waals surface area contributed by atoms with Crippen molar-refractivity contribution in [1.29, 1.82) is 5.26 Å². The van der Waals surface area contributed by atoms with Crippen LogP contribution in [0.25, 0.3) is 0 Å². The van der Waals surface area contributed by atoms with E-state index in [1.54, 1.807) is 0 Å². The predicted molar refractivity (Wildman–Crippen MR) is 72.5 cm³/mol. The molecule has 0 unspecified atom stereocenters. The molecule has 0 heterocycles. The van der Waals surface area contributed by atoms with Gasteiger partial charge in [0, 0.05) is 17.2 Å². The zero-order chi connectivity index (χ0) is 15.4. The van der Waals surface area contributed by atoms with Crippen LogP contribution in [0.2, 0.25) is 0 Å². The largest absolute Gasteiger partial charge is 0.489 e. The van der Waals surface area contributed by atoms with E-state index in [0.717, 1.165) is 12.1 Å². The molecule has 21 heavy (non-hydrogen) atoms. The second-order valence-corrected chi connectivity index (χ2v) is 4.57. The number of ether oxygens (including phenoxy) is 1. The van der Waals surface area contributed by atoms with Crippen molar-refractivity contribution in [2.45, 2.75) is 19.6 Å². The normalized spacial score (nSPS) is 11.8.